The fourth-order valence-electron chi connectivity index (χ4n) is 3.68. The van der Waals surface area contributed by atoms with Gasteiger partial charge < -0.3 is 15.1 Å². The molecule has 0 bridgehead atoms. The number of thiazole rings is 1. The maximum atomic E-state index is 12.8. The third kappa shape index (κ3) is 6.13. The molecule has 7 nitrogen and oxygen atoms in total. The quantitative estimate of drug-likeness (QED) is 0.644. The lowest BCUT2D eigenvalue weighted by Gasteiger charge is -2.30. The van der Waals surface area contributed by atoms with Crippen LogP contribution in [0.5, 0.6) is 0 Å². The van der Waals surface area contributed by atoms with Crippen LogP contribution in [0.1, 0.15) is 56.6 Å². The third-order valence-electron chi connectivity index (χ3n) is 5.11. The van der Waals surface area contributed by atoms with E-state index in [4.69, 9.17) is 0 Å². The predicted molar refractivity (Wildman–Crippen MR) is 122 cm³/mol. The highest BCUT2D eigenvalue weighted by Gasteiger charge is 2.34. The van der Waals surface area contributed by atoms with Crippen LogP contribution in [-0.4, -0.2) is 57.2 Å². The molecule has 3 amide bonds. The number of hydrogen-bond acceptors (Lipinski definition) is 5. The van der Waals surface area contributed by atoms with Crippen molar-refractivity contribution >= 4 is 34.2 Å². The molecule has 1 N–H and O–H groups in total. The van der Waals surface area contributed by atoms with Crippen LogP contribution in [0.2, 0.25) is 0 Å². The van der Waals surface area contributed by atoms with Gasteiger partial charge in [-0.25, -0.2) is 4.98 Å². The predicted octanol–water partition coefficient (Wildman–Crippen LogP) is 3.57. The van der Waals surface area contributed by atoms with Crippen molar-refractivity contribution in [1.82, 2.24) is 14.8 Å². The van der Waals surface area contributed by atoms with Crippen molar-refractivity contribution in [3.8, 4) is 0 Å². The highest BCUT2D eigenvalue weighted by atomic mass is 32.1. The summed E-state index contributed by atoms with van der Waals surface area (Å²) in [6.07, 6.45) is 2.03. The highest BCUT2D eigenvalue weighted by Crippen LogP contribution is 2.28. The second kappa shape index (κ2) is 10.0. The van der Waals surface area contributed by atoms with Crippen molar-refractivity contribution in [2.24, 2.45) is 0 Å². The summed E-state index contributed by atoms with van der Waals surface area (Å²) in [6.45, 7) is 7.96. The Labute approximate surface area is 187 Å². The minimum absolute atomic E-state index is 0.0132. The molecule has 8 heteroatoms. The van der Waals surface area contributed by atoms with Crippen LogP contribution >= 0.6 is 11.3 Å². The van der Waals surface area contributed by atoms with Crippen molar-refractivity contribution in [2.75, 3.05) is 11.9 Å². The SMILES string of the molecule is CC(C)N(C(=O)Cc1csc(NC(=O)CN(C(=O)c2ccccc2)C2CC2)n1)C(C)C. The number of carbonyl (C=O) groups is 3. The van der Waals surface area contributed by atoms with Gasteiger partial charge in [0.15, 0.2) is 5.13 Å². The average Bonchev–Trinajstić information content (AvgIpc) is 3.46. The molecular formula is C23H30N4O3S. The molecule has 0 spiro atoms. The van der Waals surface area contributed by atoms with Crippen LogP contribution in [-0.2, 0) is 16.0 Å². The molecule has 0 radical (unpaired) electrons. The first kappa shape index (κ1) is 22.9. The van der Waals surface area contributed by atoms with Gasteiger partial charge in [0.1, 0.15) is 6.54 Å². The Bertz CT molecular complexity index is 914. The standard InChI is InChI=1S/C23H30N4O3S/c1-15(2)27(16(3)4)21(29)12-18-14-31-23(24-18)25-20(28)13-26(19-10-11-19)22(30)17-8-6-5-7-9-17/h5-9,14-16,19H,10-13H2,1-4H3,(H,24,25,28). The number of aromatic nitrogens is 1. The first-order chi connectivity index (χ1) is 14.8. The zero-order chi connectivity index (χ0) is 22.5. The van der Waals surface area contributed by atoms with E-state index in [2.05, 4.69) is 10.3 Å². The number of carbonyl (C=O) groups excluding carboxylic acids is 3. The van der Waals surface area contributed by atoms with E-state index in [-0.39, 0.29) is 48.8 Å². The summed E-state index contributed by atoms with van der Waals surface area (Å²) >= 11 is 1.29. The van der Waals surface area contributed by atoms with E-state index in [1.54, 1.807) is 22.4 Å². The van der Waals surface area contributed by atoms with Gasteiger partial charge in [-0.3, -0.25) is 14.4 Å². The van der Waals surface area contributed by atoms with Crippen molar-refractivity contribution < 1.29 is 14.4 Å². The molecule has 0 aliphatic heterocycles. The van der Waals surface area contributed by atoms with E-state index in [1.165, 1.54) is 11.3 Å². The summed E-state index contributed by atoms with van der Waals surface area (Å²) in [5, 5.41) is 5.01. The van der Waals surface area contributed by atoms with Gasteiger partial charge in [-0.05, 0) is 52.7 Å². The zero-order valence-corrected chi connectivity index (χ0v) is 19.3. The summed E-state index contributed by atoms with van der Waals surface area (Å²) in [7, 11) is 0. The molecule has 1 aliphatic rings. The minimum atomic E-state index is -0.283. The number of hydrogen-bond donors (Lipinski definition) is 1. The van der Waals surface area contributed by atoms with Gasteiger partial charge in [-0.2, -0.15) is 0 Å². The van der Waals surface area contributed by atoms with Crippen LogP contribution in [0.4, 0.5) is 5.13 Å². The lowest BCUT2D eigenvalue weighted by atomic mass is 10.2. The normalized spacial score (nSPS) is 13.4. The maximum Gasteiger partial charge on any atom is 0.254 e. The molecule has 0 saturated heterocycles. The number of benzene rings is 1. The Hall–Kier alpha value is -2.74. The van der Waals surface area contributed by atoms with Crippen LogP contribution in [0, 0.1) is 0 Å². The van der Waals surface area contributed by atoms with Crippen molar-refractivity contribution in [2.45, 2.75) is 65.1 Å². The molecule has 1 aliphatic carbocycles. The molecule has 166 valence electrons. The molecule has 2 aromatic rings. The fraction of sp³-hybridized carbons (Fsp3) is 0.478. The maximum absolute atomic E-state index is 12.8. The molecule has 1 heterocycles. The molecule has 31 heavy (non-hydrogen) atoms. The molecule has 0 unspecified atom stereocenters. The largest absolute Gasteiger partial charge is 0.338 e. The third-order valence-corrected chi connectivity index (χ3v) is 5.92. The van der Waals surface area contributed by atoms with Gasteiger partial charge in [0.25, 0.3) is 5.91 Å². The number of amides is 3. The number of anilines is 1. The zero-order valence-electron chi connectivity index (χ0n) is 18.5. The van der Waals surface area contributed by atoms with Crippen molar-refractivity contribution in [3.63, 3.8) is 0 Å². The second-order valence-corrected chi connectivity index (χ2v) is 9.25. The first-order valence-electron chi connectivity index (χ1n) is 10.7. The first-order valence-corrected chi connectivity index (χ1v) is 11.6. The monoisotopic (exact) mass is 442 g/mol. The van der Waals surface area contributed by atoms with Gasteiger partial charge in [0.2, 0.25) is 11.8 Å². The van der Waals surface area contributed by atoms with Gasteiger partial charge in [0.05, 0.1) is 12.1 Å². The van der Waals surface area contributed by atoms with Crippen LogP contribution in [0.3, 0.4) is 0 Å². The molecule has 1 aromatic heterocycles. The summed E-state index contributed by atoms with van der Waals surface area (Å²) < 4.78 is 0. The van der Waals surface area contributed by atoms with E-state index < -0.39 is 0 Å². The Balaban J connectivity index is 1.59. The van der Waals surface area contributed by atoms with Crippen molar-refractivity contribution in [1.29, 1.82) is 0 Å². The number of nitrogens with zero attached hydrogens (tertiary/aromatic N) is 3. The van der Waals surface area contributed by atoms with Gasteiger partial charge in [-0.15, -0.1) is 11.3 Å². The summed E-state index contributed by atoms with van der Waals surface area (Å²) in [6, 6.07) is 9.35. The number of nitrogens with one attached hydrogen (secondary N) is 1. The molecule has 1 fully saturated rings. The van der Waals surface area contributed by atoms with E-state index >= 15 is 0 Å². The summed E-state index contributed by atoms with van der Waals surface area (Å²) in [5.41, 5.74) is 1.22. The Morgan fingerprint density at radius 1 is 1.10 bits per heavy atom. The highest BCUT2D eigenvalue weighted by molar-refractivity contribution is 7.13. The minimum Gasteiger partial charge on any atom is -0.338 e. The van der Waals surface area contributed by atoms with Crippen LogP contribution in [0.25, 0.3) is 0 Å². The van der Waals surface area contributed by atoms with Gasteiger partial charge in [-0.1, -0.05) is 18.2 Å². The Morgan fingerprint density at radius 3 is 2.32 bits per heavy atom. The molecule has 3 rings (SSSR count). The Kier molecular flexibility index (Phi) is 7.43. The van der Waals surface area contributed by atoms with Gasteiger partial charge in [0, 0.05) is 29.1 Å². The molecular weight excluding hydrogens is 412 g/mol. The summed E-state index contributed by atoms with van der Waals surface area (Å²) in [4.78, 5) is 45.9. The second-order valence-electron chi connectivity index (χ2n) is 8.39. The lowest BCUT2D eigenvalue weighted by Crippen LogP contribution is -2.42. The van der Waals surface area contributed by atoms with E-state index in [9.17, 15) is 14.4 Å². The molecule has 0 atom stereocenters. The average molecular weight is 443 g/mol. The molecule has 1 aromatic carbocycles. The van der Waals surface area contributed by atoms with E-state index in [0.717, 1.165) is 12.8 Å². The van der Waals surface area contributed by atoms with Crippen LogP contribution in [0.15, 0.2) is 35.7 Å². The lowest BCUT2D eigenvalue weighted by molar-refractivity contribution is -0.134. The summed E-state index contributed by atoms with van der Waals surface area (Å²) in [5.74, 6) is -0.401. The van der Waals surface area contributed by atoms with Crippen molar-refractivity contribution in [3.05, 3.63) is 47.0 Å². The van der Waals surface area contributed by atoms with E-state index in [1.807, 2.05) is 50.8 Å². The van der Waals surface area contributed by atoms with E-state index in [0.29, 0.717) is 16.4 Å². The number of rotatable bonds is 9. The topological polar surface area (TPSA) is 82.6 Å². The smallest absolute Gasteiger partial charge is 0.254 e. The van der Waals surface area contributed by atoms with Crippen LogP contribution < -0.4 is 5.32 Å². The Morgan fingerprint density at radius 2 is 1.74 bits per heavy atom. The van der Waals surface area contributed by atoms with Gasteiger partial charge >= 0.3 is 0 Å². The fourth-order valence-corrected chi connectivity index (χ4v) is 4.40. The molecule has 1 saturated carbocycles.